The number of fused-ring (bicyclic) bond motifs is 1. The third-order valence-electron chi connectivity index (χ3n) is 5.94. The van der Waals surface area contributed by atoms with Crippen LogP contribution in [0.25, 0.3) is 22.6 Å². The van der Waals surface area contributed by atoms with Gasteiger partial charge in [0.1, 0.15) is 11.4 Å². The van der Waals surface area contributed by atoms with Crippen molar-refractivity contribution in [3.05, 3.63) is 83.7 Å². The number of nitrogens with two attached hydrogens (primary N) is 1. The molecule has 5 aromatic rings. The minimum absolute atomic E-state index is 0.0661. The van der Waals surface area contributed by atoms with Crippen molar-refractivity contribution in [3.63, 3.8) is 0 Å². The average Bonchev–Trinajstić information content (AvgIpc) is 3.49. The summed E-state index contributed by atoms with van der Waals surface area (Å²) in [6, 6.07) is 16.1. The second kappa shape index (κ2) is 9.20. The molecule has 1 atom stereocenters. The molecular weight excluding hydrogens is 493 g/mol. The average molecular weight is 517 g/mol. The van der Waals surface area contributed by atoms with Gasteiger partial charge in [-0.3, -0.25) is 9.65 Å². The van der Waals surface area contributed by atoms with Gasteiger partial charge in [0.2, 0.25) is 0 Å². The Morgan fingerprint density at radius 1 is 1.08 bits per heavy atom. The zero-order valence-electron chi connectivity index (χ0n) is 20.3. The summed E-state index contributed by atoms with van der Waals surface area (Å²) in [5.41, 5.74) is 10.3. The molecule has 0 aliphatic rings. The topological polar surface area (TPSA) is 150 Å². The molecule has 0 bridgehead atoms. The first-order chi connectivity index (χ1) is 17.7. The number of carboxylic acids is 1. The maximum atomic E-state index is 13.7. The third-order valence-corrected chi connectivity index (χ3v) is 8.10. The van der Waals surface area contributed by atoms with Crippen LogP contribution in [0.1, 0.15) is 21.5 Å². The molecule has 37 heavy (non-hydrogen) atoms. The summed E-state index contributed by atoms with van der Waals surface area (Å²) in [5.74, 6) is -0.813. The van der Waals surface area contributed by atoms with Gasteiger partial charge in [0, 0.05) is 31.1 Å². The summed E-state index contributed by atoms with van der Waals surface area (Å²) in [6.07, 6.45) is 2.97. The van der Waals surface area contributed by atoms with E-state index in [1.807, 2.05) is 44.2 Å². The Morgan fingerprint density at radius 3 is 2.49 bits per heavy atom. The van der Waals surface area contributed by atoms with Gasteiger partial charge in [0.25, 0.3) is 0 Å². The van der Waals surface area contributed by atoms with Crippen molar-refractivity contribution in [1.82, 2.24) is 24.4 Å². The number of hydrogen-bond donors (Lipinski definition) is 3. The molecule has 3 aromatic heterocycles. The first kappa shape index (κ1) is 24.2. The second-order valence-corrected chi connectivity index (χ2v) is 10.7. The van der Waals surface area contributed by atoms with Crippen molar-refractivity contribution < 1.29 is 19.0 Å². The van der Waals surface area contributed by atoms with Gasteiger partial charge in [0.05, 0.1) is 16.7 Å². The van der Waals surface area contributed by atoms with Gasteiger partial charge in [0.15, 0.2) is 11.5 Å². The molecule has 12 heteroatoms. The summed E-state index contributed by atoms with van der Waals surface area (Å²) in [6.45, 7) is 3.75. The first-order valence-electron chi connectivity index (χ1n) is 11.2. The number of nitrogens with one attached hydrogen (secondary N) is 1. The van der Waals surface area contributed by atoms with Crippen LogP contribution in [0.2, 0.25) is 0 Å². The fourth-order valence-corrected chi connectivity index (χ4v) is 5.72. The molecule has 0 amide bonds. The number of nitrogens with zero attached hydrogens (tertiary/aromatic N) is 5. The number of anilines is 2. The van der Waals surface area contributed by atoms with Gasteiger partial charge < -0.3 is 15.4 Å². The van der Waals surface area contributed by atoms with Gasteiger partial charge >= 0.3 is 13.5 Å². The van der Waals surface area contributed by atoms with Crippen molar-refractivity contribution in [2.75, 3.05) is 17.9 Å². The van der Waals surface area contributed by atoms with Crippen LogP contribution < -0.4 is 16.1 Å². The Labute approximate surface area is 212 Å². The molecule has 188 valence electrons. The second-order valence-electron chi connectivity index (χ2n) is 8.49. The van der Waals surface area contributed by atoms with Gasteiger partial charge in [-0.25, -0.2) is 14.5 Å². The normalized spacial score (nSPS) is 12.9. The van der Waals surface area contributed by atoms with Gasteiger partial charge in [-0.1, -0.05) is 29.8 Å². The summed E-state index contributed by atoms with van der Waals surface area (Å²) < 4.78 is 22.0. The Morgan fingerprint density at radius 2 is 1.84 bits per heavy atom. The molecule has 11 nitrogen and oxygen atoms in total. The summed E-state index contributed by atoms with van der Waals surface area (Å²) in [7, 11) is -2.35. The van der Waals surface area contributed by atoms with Crippen LogP contribution in [-0.4, -0.2) is 42.6 Å². The van der Waals surface area contributed by atoms with Crippen LogP contribution in [-0.2, 0) is 9.09 Å². The van der Waals surface area contributed by atoms with Crippen LogP contribution in [0.4, 0.5) is 11.6 Å². The quantitative estimate of drug-likeness (QED) is 0.272. The first-order valence-corrected chi connectivity index (χ1v) is 12.9. The van der Waals surface area contributed by atoms with Crippen LogP contribution in [0.5, 0.6) is 0 Å². The minimum Gasteiger partial charge on any atom is -0.477 e. The Balaban J connectivity index is 1.48. The van der Waals surface area contributed by atoms with E-state index in [1.165, 1.54) is 18.0 Å². The van der Waals surface area contributed by atoms with E-state index < -0.39 is 13.5 Å². The van der Waals surface area contributed by atoms with Crippen molar-refractivity contribution in [2.24, 2.45) is 0 Å². The molecule has 3 heterocycles. The number of rotatable bonds is 7. The highest BCUT2D eigenvalue weighted by Crippen LogP contribution is 2.46. The molecule has 1 unspecified atom stereocenters. The highest BCUT2D eigenvalue weighted by Gasteiger charge is 2.30. The number of aromatic carboxylic acids is 1. The lowest BCUT2D eigenvalue weighted by Gasteiger charge is -2.20. The van der Waals surface area contributed by atoms with E-state index in [4.69, 9.17) is 10.3 Å². The molecule has 0 fully saturated rings. The van der Waals surface area contributed by atoms with Crippen molar-refractivity contribution in [2.45, 2.75) is 13.8 Å². The zero-order chi connectivity index (χ0) is 26.3. The van der Waals surface area contributed by atoms with E-state index in [9.17, 15) is 14.5 Å². The number of carboxylic acid groups (broad SMARTS) is 1. The van der Waals surface area contributed by atoms with Gasteiger partial charge in [-0.2, -0.15) is 9.61 Å². The standard InChI is InChI=1S/C25H24N7O4P/c1-15-4-9-21(16(2)12-15)37(35,36-3)30-24-19(25(33)34)14-31(29-24)18-7-5-17(6-8-18)20-13-23-27-11-10-22(26)32(23)28-20/h4-14H,26H2,1-3H3,(H,33,34)(H,29,30,35). The fraction of sp³-hybridized carbons (Fsp3) is 0.120. The highest BCUT2D eigenvalue weighted by atomic mass is 31.2. The highest BCUT2D eigenvalue weighted by molar-refractivity contribution is 7.68. The molecule has 2 aromatic carbocycles. The Hall–Kier alpha value is -4.47. The lowest BCUT2D eigenvalue weighted by molar-refractivity contribution is 0.0698. The largest absolute Gasteiger partial charge is 0.477 e. The molecule has 0 aliphatic heterocycles. The molecule has 0 spiro atoms. The van der Waals surface area contributed by atoms with E-state index in [0.717, 1.165) is 16.7 Å². The van der Waals surface area contributed by atoms with E-state index in [0.29, 0.717) is 28.2 Å². The van der Waals surface area contributed by atoms with Crippen molar-refractivity contribution in [3.8, 4) is 16.9 Å². The number of carbonyl (C=O) groups is 1. The molecule has 0 radical (unpaired) electrons. The molecule has 0 aliphatic carbocycles. The predicted octanol–water partition coefficient (Wildman–Crippen LogP) is 4.06. The molecule has 4 N–H and O–H groups in total. The van der Waals surface area contributed by atoms with Crippen LogP contribution in [0.15, 0.2) is 67.0 Å². The number of hydrogen-bond acceptors (Lipinski definition) is 7. The number of benzene rings is 2. The number of aromatic nitrogens is 5. The number of aryl methyl sites for hydroxylation is 2. The van der Waals surface area contributed by atoms with E-state index in [-0.39, 0.29) is 11.4 Å². The number of nitrogen functional groups attached to an aromatic ring is 1. The molecule has 0 saturated carbocycles. The lowest BCUT2D eigenvalue weighted by atomic mass is 10.1. The van der Waals surface area contributed by atoms with Gasteiger partial charge in [-0.15, -0.1) is 5.10 Å². The zero-order valence-corrected chi connectivity index (χ0v) is 21.2. The van der Waals surface area contributed by atoms with Crippen LogP contribution in [0, 0.1) is 13.8 Å². The van der Waals surface area contributed by atoms with E-state index >= 15 is 0 Å². The van der Waals surface area contributed by atoms with Crippen LogP contribution >= 0.6 is 7.52 Å². The third kappa shape index (κ3) is 4.46. The summed E-state index contributed by atoms with van der Waals surface area (Å²) in [5, 5.41) is 21.9. The SMILES string of the molecule is COP(=O)(Nc1nn(-c2ccc(-c3cc4nccc(N)n4n3)cc2)cc1C(=O)O)c1ccc(C)cc1C. The predicted molar refractivity (Wildman–Crippen MR) is 141 cm³/mol. The maximum Gasteiger partial charge on any atom is 0.341 e. The smallest absolute Gasteiger partial charge is 0.341 e. The monoisotopic (exact) mass is 517 g/mol. The van der Waals surface area contributed by atoms with Gasteiger partial charge in [-0.05, 0) is 43.7 Å². The fourth-order valence-electron chi connectivity index (χ4n) is 4.06. The summed E-state index contributed by atoms with van der Waals surface area (Å²) >= 11 is 0. The molecule has 5 rings (SSSR count). The van der Waals surface area contributed by atoms with E-state index in [1.54, 1.807) is 35.0 Å². The van der Waals surface area contributed by atoms with E-state index in [2.05, 4.69) is 20.3 Å². The van der Waals surface area contributed by atoms with Crippen LogP contribution in [0.3, 0.4) is 0 Å². The van der Waals surface area contributed by atoms with Crippen molar-refractivity contribution >= 4 is 36.1 Å². The lowest BCUT2D eigenvalue weighted by Crippen LogP contribution is -2.17. The molecular formula is C25H24N7O4P. The maximum absolute atomic E-state index is 13.7. The molecule has 0 saturated heterocycles. The minimum atomic E-state index is -3.66. The summed E-state index contributed by atoms with van der Waals surface area (Å²) in [4.78, 5) is 16.3. The Kier molecular flexibility index (Phi) is 6.02. The van der Waals surface area contributed by atoms with Crippen molar-refractivity contribution in [1.29, 1.82) is 0 Å². The Bertz CT molecular complexity index is 1690.